The number of nitrogens with one attached hydrogen (secondary N) is 1. The number of halogens is 2. The minimum atomic E-state index is -0.874. The molecule has 4 aliphatic heterocycles. The molecule has 11 heteroatoms. The molecule has 4 aliphatic rings. The first-order valence-electron chi connectivity index (χ1n) is 12.8. The van der Waals surface area contributed by atoms with Crippen molar-refractivity contribution in [3.63, 3.8) is 0 Å². The molecule has 1 unspecified atom stereocenters. The largest absolute Gasteiger partial charge is 0.486 e. The molecule has 0 aromatic heterocycles. The molecule has 0 saturated carbocycles. The van der Waals surface area contributed by atoms with E-state index in [1.54, 1.807) is 0 Å². The van der Waals surface area contributed by atoms with Gasteiger partial charge in [-0.25, -0.2) is 8.78 Å². The van der Waals surface area contributed by atoms with Crippen molar-refractivity contribution in [3.8, 4) is 11.5 Å². The van der Waals surface area contributed by atoms with E-state index in [2.05, 4.69) is 10.2 Å². The molecular formula is C27H28F2N4O5. The van der Waals surface area contributed by atoms with Crippen LogP contribution < -0.4 is 14.8 Å². The lowest BCUT2D eigenvalue weighted by molar-refractivity contribution is -0.136. The van der Waals surface area contributed by atoms with Gasteiger partial charge < -0.3 is 14.4 Å². The third-order valence-corrected chi connectivity index (χ3v) is 7.68. The maximum absolute atomic E-state index is 15.5. The first kappa shape index (κ1) is 24.7. The van der Waals surface area contributed by atoms with Crippen molar-refractivity contribution in [2.45, 2.75) is 38.5 Å². The van der Waals surface area contributed by atoms with E-state index in [1.165, 1.54) is 4.90 Å². The predicted octanol–water partition coefficient (Wildman–Crippen LogP) is 1.81. The highest BCUT2D eigenvalue weighted by atomic mass is 19.1. The van der Waals surface area contributed by atoms with Gasteiger partial charge in [0.2, 0.25) is 11.8 Å². The van der Waals surface area contributed by atoms with Crippen LogP contribution in [-0.4, -0.2) is 77.9 Å². The zero-order chi connectivity index (χ0) is 26.4. The number of fused-ring (bicyclic) bond motifs is 2. The van der Waals surface area contributed by atoms with Crippen molar-refractivity contribution in [1.82, 2.24) is 20.0 Å². The van der Waals surface area contributed by atoms with E-state index in [1.807, 2.05) is 23.1 Å². The van der Waals surface area contributed by atoms with Crippen molar-refractivity contribution < 1.29 is 32.6 Å². The highest BCUT2D eigenvalue weighted by Crippen LogP contribution is 2.33. The van der Waals surface area contributed by atoms with Gasteiger partial charge in [0.15, 0.2) is 11.5 Å². The topological polar surface area (TPSA) is 91.4 Å². The minimum absolute atomic E-state index is 0.0577. The molecule has 9 nitrogen and oxygen atoms in total. The summed E-state index contributed by atoms with van der Waals surface area (Å²) >= 11 is 0. The summed E-state index contributed by atoms with van der Waals surface area (Å²) < 4.78 is 41.8. The van der Waals surface area contributed by atoms with Crippen LogP contribution in [0, 0.1) is 11.6 Å². The van der Waals surface area contributed by atoms with E-state index in [0.29, 0.717) is 26.3 Å². The number of piperidine rings is 1. The van der Waals surface area contributed by atoms with Gasteiger partial charge in [-0.2, -0.15) is 0 Å². The molecule has 1 N–H and O–H groups in total. The lowest BCUT2D eigenvalue weighted by Gasteiger charge is -2.35. The summed E-state index contributed by atoms with van der Waals surface area (Å²) in [4.78, 5) is 42.1. The maximum atomic E-state index is 15.5. The van der Waals surface area contributed by atoms with Crippen molar-refractivity contribution in [2.75, 3.05) is 39.4 Å². The summed E-state index contributed by atoms with van der Waals surface area (Å²) in [6.07, 6.45) is 0.261. The van der Waals surface area contributed by atoms with Crippen LogP contribution in [0.5, 0.6) is 11.5 Å². The van der Waals surface area contributed by atoms with Gasteiger partial charge >= 0.3 is 0 Å². The van der Waals surface area contributed by atoms with Gasteiger partial charge in [0, 0.05) is 56.8 Å². The molecule has 2 aromatic rings. The zero-order valence-electron chi connectivity index (χ0n) is 20.8. The fourth-order valence-corrected chi connectivity index (χ4v) is 5.60. The summed E-state index contributed by atoms with van der Waals surface area (Å²) in [5, 5.41) is 2.22. The van der Waals surface area contributed by atoms with Crippen molar-refractivity contribution in [2.24, 2.45) is 0 Å². The van der Waals surface area contributed by atoms with Crippen LogP contribution in [-0.2, 0) is 29.2 Å². The normalized spacial score (nSPS) is 22.0. The molecule has 2 fully saturated rings. The fraction of sp³-hybridized carbons (Fsp3) is 0.444. The monoisotopic (exact) mass is 526 g/mol. The lowest BCUT2D eigenvalue weighted by Crippen LogP contribution is -2.52. The van der Waals surface area contributed by atoms with E-state index < -0.39 is 35.4 Å². The Hall–Kier alpha value is -3.57. The summed E-state index contributed by atoms with van der Waals surface area (Å²) in [6.45, 7) is 4.56. The molecule has 0 radical (unpaired) electrons. The van der Waals surface area contributed by atoms with E-state index in [9.17, 15) is 14.4 Å². The molecule has 0 spiro atoms. The third kappa shape index (κ3) is 4.60. The van der Waals surface area contributed by atoms with Crippen LogP contribution in [0.25, 0.3) is 0 Å². The van der Waals surface area contributed by atoms with Gasteiger partial charge in [-0.05, 0) is 30.2 Å². The van der Waals surface area contributed by atoms with Crippen LogP contribution >= 0.6 is 0 Å². The Morgan fingerprint density at radius 1 is 0.921 bits per heavy atom. The number of amides is 3. The average molecular weight is 527 g/mol. The average Bonchev–Trinajstić information content (AvgIpc) is 3.23. The fourth-order valence-electron chi connectivity index (χ4n) is 5.60. The number of carbonyl (C=O) groups excluding carboxylic acids is 3. The van der Waals surface area contributed by atoms with Crippen LogP contribution in [0.2, 0.25) is 0 Å². The van der Waals surface area contributed by atoms with Crippen LogP contribution in [0.1, 0.15) is 39.9 Å². The second kappa shape index (κ2) is 9.95. The van der Waals surface area contributed by atoms with Gasteiger partial charge in [-0.15, -0.1) is 0 Å². The van der Waals surface area contributed by atoms with Crippen LogP contribution in [0.3, 0.4) is 0 Å². The molecular weight excluding hydrogens is 498 g/mol. The van der Waals surface area contributed by atoms with E-state index in [-0.39, 0.29) is 42.6 Å². The van der Waals surface area contributed by atoms with Crippen molar-refractivity contribution in [1.29, 1.82) is 0 Å². The van der Waals surface area contributed by atoms with Crippen molar-refractivity contribution >= 4 is 17.7 Å². The quantitative estimate of drug-likeness (QED) is 0.595. The first-order valence-corrected chi connectivity index (χ1v) is 12.8. The van der Waals surface area contributed by atoms with Gasteiger partial charge in [0.1, 0.15) is 30.9 Å². The number of hydrogen-bond donors (Lipinski definition) is 1. The molecule has 4 heterocycles. The molecule has 38 heavy (non-hydrogen) atoms. The Bertz CT molecular complexity index is 1310. The predicted molar refractivity (Wildman–Crippen MR) is 130 cm³/mol. The molecule has 1 atom stereocenters. The second-order valence-corrected chi connectivity index (χ2v) is 10.1. The summed E-state index contributed by atoms with van der Waals surface area (Å²) in [5.74, 6) is -1.57. The molecule has 6 rings (SSSR count). The van der Waals surface area contributed by atoms with E-state index in [0.717, 1.165) is 42.8 Å². The number of carbonyl (C=O) groups is 3. The van der Waals surface area contributed by atoms with Gasteiger partial charge in [-0.3, -0.25) is 29.5 Å². The Morgan fingerprint density at radius 3 is 2.37 bits per heavy atom. The third-order valence-electron chi connectivity index (χ3n) is 7.68. The Morgan fingerprint density at radius 2 is 1.63 bits per heavy atom. The van der Waals surface area contributed by atoms with Gasteiger partial charge in [0.25, 0.3) is 5.91 Å². The zero-order valence-corrected chi connectivity index (χ0v) is 20.8. The summed E-state index contributed by atoms with van der Waals surface area (Å²) in [7, 11) is 0. The molecule has 3 amide bonds. The highest BCUT2D eigenvalue weighted by Gasteiger charge is 2.41. The molecule has 2 saturated heterocycles. The Kier molecular flexibility index (Phi) is 6.48. The minimum Gasteiger partial charge on any atom is -0.486 e. The second-order valence-electron chi connectivity index (χ2n) is 10.1. The standard InChI is InChI=1S/C27H28F2N4O5/c28-20-12-17-18(15-33(27(17)36)21-2-4-24(34)30-26(21)35)25(29)19(20)14-32-7-5-31(6-8-32)13-16-1-3-22-23(11-16)38-10-9-37-22/h1,3,11-12,21H,2,4-10,13-15H2,(H,30,34,35). The Labute approximate surface area is 218 Å². The van der Waals surface area contributed by atoms with Gasteiger partial charge in [0.05, 0.1) is 12.1 Å². The molecule has 200 valence electrons. The number of rotatable bonds is 5. The number of piperazine rings is 1. The SMILES string of the molecule is O=C1CCC(N2Cc3c(cc(F)c(CN4CCN(Cc5ccc6c(c5)OCCO6)CC4)c3F)C2=O)C(=O)N1. The first-order chi connectivity index (χ1) is 18.4. The molecule has 2 aromatic carbocycles. The number of ether oxygens (including phenoxy) is 2. The van der Waals surface area contributed by atoms with Crippen molar-refractivity contribution in [3.05, 3.63) is 58.2 Å². The Balaban J connectivity index is 1.09. The maximum Gasteiger partial charge on any atom is 0.255 e. The van der Waals surface area contributed by atoms with Gasteiger partial charge in [-0.1, -0.05) is 6.07 Å². The number of imide groups is 1. The molecule has 0 aliphatic carbocycles. The van der Waals surface area contributed by atoms with E-state index in [4.69, 9.17) is 9.47 Å². The van der Waals surface area contributed by atoms with Crippen LogP contribution in [0.4, 0.5) is 8.78 Å². The van der Waals surface area contributed by atoms with Crippen LogP contribution in [0.15, 0.2) is 24.3 Å². The number of hydrogen-bond acceptors (Lipinski definition) is 7. The number of nitrogens with zero attached hydrogens (tertiary/aromatic N) is 3. The summed E-state index contributed by atoms with van der Waals surface area (Å²) in [5.41, 5.74) is 1.09. The lowest BCUT2D eigenvalue weighted by atomic mass is 10.0. The van der Waals surface area contributed by atoms with E-state index >= 15 is 8.78 Å². The summed E-state index contributed by atoms with van der Waals surface area (Å²) in [6, 6.07) is 6.15. The molecule has 0 bridgehead atoms. The highest BCUT2D eigenvalue weighted by molar-refractivity contribution is 6.05. The smallest absolute Gasteiger partial charge is 0.255 e. The number of benzene rings is 2.